The number of sulfonamides is 1. The molecule has 0 saturated carbocycles. The van der Waals surface area contributed by atoms with Gasteiger partial charge < -0.3 is 10.4 Å². The average Bonchev–Trinajstić information content (AvgIpc) is 2.53. The Bertz CT molecular complexity index is 745. The smallest absolute Gasteiger partial charge is 0.311 e. The molecule has 0 atom stereocenters. The Morgan fingerprint density at radius 2 is 1.54 bits per heavy atom. The topological polar surface area (TPSA) is 113 Å². The second-order valence-corrected chi connectivity index (χ2v) is 9.04. The van der Waals surface area contributed by atoms with Crippen LogP contribution in [-0.4, -0.2) is 37.5 Å². The molecule has 8 heteroatoms. The fourth-order valence-corrected chi connectivity index (χ4v) is 3.90. The van der Waals surface area contributed by atoms with Gasteiger partial charge in [-0.15, -0.1) is 0 Å². The van der Waals surface area contributed by atoms with E-state index in [1.807, 2.05) is 0 Å². The van der Waals surface area contributed by atoms with Crippen LogP contribution in [0.2, 0.25) is 0 Å². The summed E-state index contributed by atoms with van der Waals surface area (Å²) in [5.74, 6) is -1.39. The van der Waals surface area contributed by atoms with Gasteiger partial charge in [0.15, 0.2) is 0 Å². The predicted molar refractivity (Wildman–Crippen MR) is 99.5 cm³/mol. The van der Waals surface area contributed by atoms with Gasteiger partial charge in [-0.1, -0.05) is 13.8 Å². The molecule has 1 aromatic rings. The second-order valence-electron chi connectivity index (χ2n) is 7.36. The summed E-state index contributed by atoms with van der Waals surface area (Å²) in [6, 6.07) is 5.53. The summed E-state index contributed by atoms with van der Waals surface area (Å²) in [5, 5.41) is 12.0. The monoisotopic (exact) mass is 384 g/mol. The van der Waals surface area contributed by atoms with Crippen LogP contribution in [0.15, 0.2) is 29.2 Å². The van der Waals surface area contributed by atoms with Gasteiger partial charge in [0.05, 0.1) is 10.3 Å². The van der Waals surface area contributed by atoms with E-state index in [2.05, 4.69) is 10.0 Å². The van der Waals surface area contributed by atoms with E-state index in [0.29, 0.717) is 12.8 Å². The highest BCUT2D eigenvalue weighted by Crippen LogP contribution is 2.25. The third-order valence-corrected chi connectivity index (χ3v) is 6.04. The molecule has 0 aliphatic carbocycles. The molecule has 7 nitrogen and oxygen atoms in total. The molecule has 146 valence electrons. The molecule has 1 amide bonds. The van der Waals surface area contributed by atoms with Crippen LogP contribution in [0.5, 0.6) is 0 Å². The number of benzene rings is 1. The molecular weight excluding hydrogens is 356 g/mol. The minimum atomic E-state index is -3.67. The molecule has 0 spiro atoms. The highest BCUT2D eigenvalue weighted by Gasteiger charge is 2.35. The van der Waals surface area contributed by atoms with Crippen LogP contribution < -0.4 is 10.0 Å². The first-order valence-electron chi connectivity index (χ1n) is 8.52. The highest BCUT2D eigenvalue weighted by atomic mass is 32.2. The maximum absolute atomic E-state index is 12.3. The lowest BCUT2D eigenvalue weighted by Gasteiger charge is -2.26. The fourth-order valence-electron chi connectivity index (χ4n) is 2.48. The fraction of sp³-hybridized carbons (Fsp3) is 0.556. The predicted octanol–water partition coefficient (Wildman–Crippen LogP) is 2.38. The maximum atomic E-state index is 12.3. The first-order valence-corrected chi connectivity index (χ1v) is 10.0. The summed E-state index contributed by atoms with van der Waals surface area (Å²) < 4.78 is 27.1. The van der Waals surface area contributed by atoms with Crippen LogP contribution >= 0.6 is 0 Å². The molecule has 26 heavy (non-hydrogen) atoms. The van der Waals surface area contributed by atoms with E-state index in [1.165, 1.54) is 24.3 Å². The summed E-state index contributed by atoms with van der Waals surface area (Å²) in [5.41, 5.74) is -1.35. The first-order chi connectivity index (χ1) is 11.9. The number of carbonyl (C=O) groups is 2. The van der Waals surface area contributed by atoms with E-state index in [9.17, 15) is 23.1 Å². The molecule has 1 aromatic carbocycles. The lowest BCUT2D eigenvalue weighted by atomic mass is 9.82. The maximum Gasteiger partial charge on any atom is 0.311 e. The Morgan fingerprint density at radius 3 is 1.92 bits per heavy atom. The van der Waals surface area contributed by atoms with Gasteiger partial charge in [-0.05, 0) is 57.9 Å². The van der Waals surface area contributed by atoms with Crippen molar-refractivity contribution in [2.75, 3.05) is 6.54 Å². The Morgan fingerprint density at radius 1 is 1.04 bits per heavy atom. The number of rotatable bonds is 8. The summed E-state index contributed by atoms with van der Waals surface area (Å²) >= 11 is 0. The molecule has 0 radical (unpaired) electrons. The number of hydrogen-bond donors (Lipinski definition) is 3. The summed E-state index contributed by atoms with van der Waals surface area (Å²) in [7, 11) is -3.67. The first kappa shape index (κ1) is 22.1. The SMILES string of the molecule is CCC(CC)(CNC(=O)c1ccc(S(=O)(=O)NC(C)(C)C)cc1)C(=O)O. The lowest BCUT2D eigenvalue weighted by molar-refractivity contribution is -0.149. The number of aliphatic carboxylic acids is 1. The zero-order chi connectivity index (χ0) is 20.2. The Hall–Kier alpha value is -1.93. The number of amides is 1. The highest BCUT2D eigenvalue weighted by molar-refractivity contribution is 7.89. The van der Waals surface area contributed by atoms with E-state index in [1.54, 1.807) is 34.6 Å². The van der Waals surface area contributed by atoms with Crippen molar-refractivity contribution in [2.24, 2.45) is 5.41 Å². The molecule has 0 aliphatic rings. The third-order valence-electron chi connectivity index (χ3n) is 4.26. The molecule has 0 fully saturated rings. The van der Waals surface area contributed by atoms with Crippen molar-refractivity contribution < 1.29 is 23.1 Å². The van der Waals surface area contributed by atoms with Crippen molar-refractivity contribution in [3.63, 3.8) is 0 Å². The zero-order valence-corrected chi connectivity index (χ0v) is 16.7. The zero-order valence-electron chi connectivity index (χ0n) is 15.9. The third kappa shape index (κ3) is 5.54. The van der Waals surface area contributed by atoms with Gasteiger partial charge in [0.2, 0.25) is 10.0 Å². The van der Waals surface area contributed by atoms with E-state index in [0.717, 1.165) is 0 Å². The largest absolute Gasteiger partial charge is 0.481 e. The van der Waals surface area contributed by atoms with E-state index in [4.69, 9.17) is 0 Å². The van der Waals surface area contributed by atoms with Gasteiger partial charge in [-0.3, -0.25) is 9.59 Å². The molecular formula is C18H28N2O5S. The molecule has 0 aliphatic heterocycles. The van der Waals surface area contributed by atoms with Crippen molar-refractivity contribution in [1.29, 1.82) is 0 Å². The summed E-state index contributed by atoms with van der Waals surface area (Å²) in [6.07, 6.45) is 0.795. The normalized spacial score (nSPS) is 12.7. The van der Waals surface area contributed by atoms with Crippen LogP contribution in [0.25, 0.3) is 0 Å². The number of carbonyl (C=O) groups excluding carboxylic acids is 1. The standard InChI is InChI=1S/C18H28N2O5S/c1-6-18(7-2,16(22)23)12-19-15(21)13-8-10-14(11-9-13)26(24,25)20-17(3,4)5/h8-11,20H,6-7,12H2,1-5H3,(H,19,21)(H,22,23). The Labute approximate surface area is 155 Å². The van der Waals surface area contributed by atoms with Gasteiger partial charge in [-0.2, -0.15) is 0 Å². The Balaban J connectivity index is 2.89. The van der Waals surface area contributed by atoms with Crippen LogP contribution in [0.3, 0.4) is 0 Å². The number of hydrogen-bond acceptors (Lipinski definition) is 4. The quantitative estimate of drug-likeness (QED) is 0.637. The molecule has 0 heterocycles. The van der Waals surface area contributed by atoms with Gasteiger partial charge in [0, 0.05) is 17.6 Å². The molecule has 0 unspecified atom stereocenters. The number of carboxylic acid groups (broad SMARTS) is 1. The molecule has 0 bridgehead atoms. The molecule has 0 saturated heterocycles. The minimum Gasteiger partial charge on any atom is -0.481 e. The van der Waals surface area contributed by atoms with Crippen LogP contribution in [-0.2, 0) is 14.8 Å². The van der Waals surface area contributed by atoms with Gasteiger partial charge in [0.1, 0.15) is 0 Å². The number of nitrogens with one attached hydrogen (secondary N) is 2. The van der Waals surface area contributed by atoms with Gasteiger partial charge in [-0.25, -0.2) is 13.1 Å². The van der Waals surface area contributed by atoms with Gasteiger partial charge in [0.25, 0.3) is 5.91 Å². The molecule has 3 N–H and O–H groups in total. The van der Waals surface area contributed by atoms with Crippen molar-refractivity contribution in [3.05, 3.63) is 29.8 Å². The van der Waals surface area contributed by atoms with Gasteiger partial charge >= 0.3 is 5.97 Å². The summed E-state index contributed by atoms with van der Waals surface area (Å²) in [6.45, 7) is 8.77. The Kier molecular flexibility index (Phi) is 6.95. The van der Waals surface area contributed by atoms with Crippen LogP contribution in [0, 0.1) is 5.41 Å². The minimum absolute atomic E-state index is 0.0137. The van der Waals surface area contributed by atoms with Crippen molar-refractivity contribution in [3.8, 4) is 0 Å². The lowest BCUT2D eigenvalue weighted by Crippen LogP contribution is -2.42. The molecule has 1 rings (SSSR count). The molecule has 0 aromatic heterocycles. The van der Waals surface area contributed by atoms with Crippen molar-refractivity contribution in [2.45, 2.75) is 57.9 Å². The van der Waals surface area contributed by atoms with Crippen molar-refractivity contribution in [1.82, 2.24) is 10.0 Å². The van der Waals surface area contributed by atoms with E-state index in [-0.39, 0.29) is 17.0 Å². The van der Waals surface area contributed by atoms with E-state index < -0.39 is 32.9 Å². The summed E-state index contributed by atoms with van der Waals surface area (Å²) in [4.78, 5) is 23.8. The van der Waals surface area contributed by atoms with E-state index >= 15 is 0 Å². The van der Waals surface area contributed by atoms with Crippen LogP contribution in [0.1, 0.15) is 57.8 Å². The number of carboxylic acids is 1. The van der Waals surface area contributed by atoms with Crippen molar-refractivity contribution >= 4 is 21.9 Å². The van der Waals surface area contributed by atoms with Crippen LogP contribution in [0.4, 0.5) is 0 Å². The second kappa shape index (κ2) is 8.18. The average molecular weight is 384 g/mol.